The third-order valence-corrected chi connectivity index (χ3v) is 8.23. The van der Waals surface area contributed by atoms with E-state index in [1.54, 1.807) is 48.0 Å². The number of aryl methyl sites for hydroxylation is 1. The number of nitro benzene ring substituents is 1. The zero-order valence-corrected chi connectivity index (χ0v) is 26.0. The number of aromatic nitrogens is 6. The summed E-state index contributed by atoms with van der Waals surface area (Å²) in [5.74, 6) is -1.32. The van der Waals surface area contributed by atoms with Crippen LogP contribution in [-0.2, 0) is 10.5 Å². The molecule has 6 rings (SSSR count). The Morgan fingerprint density at radius 2 is 1.67 bits per heavy atom. The number of para-hydroxylation sites is 1. The Morgan fingerprint density at radius 3 is 2.38 bits per heavy atom. The number of phenols is 1. The maximum Gasteiger partial charge on any atom is 0.305 e. The molecule has 0 aliphatic heterocycles. The third kappa shape index (κ3) is 6.50. The number of rotatable bonds is 12. The van der Waals surface area contributed by atoms with Crippen molar-refractivity contribution >= 4 is 40.1 Å². The summed E-state index contributed by atoms with van der Waals surface area (Å²) in [6.45, 7) is 1.65. The zero-order valence-electron chi connectivity index (χ0n) is 25.2. The standard InChI is InChI=1S/C32H26N8O7S/c1-19-26(18-48-32-34-36-37-39(32)20-7-3-2-4-8-20)31(38(35-19)21-11-13-22(14-12-21)40(45)46)47-27-17-25(30(44)33-16-15-28(41)42)29(43)24-10-6-5-9-23(24)27/h2-14,17,43H,15-16,18H2,1H3,(H,33,44)(H,41,42). The molecule has 2 aromatic heterocycles. The van der Waals surface area contributed by atoms with Crippen LogP contribution < -0.4 is 10.1 Å². The number of ether oxygens (including phenoxy) is 1. The van der Waals surface area contributed by atoms with Gasteiger partial charge in [0.1, 0.15) is 11.5 Å². The van der Waals surface area contributed by atoms with Crippen LogP contribution in [0.1, 0.15) is 28.0 Å². The van der Waals surface area contributed by atoms with E-state index in [2.05, 4.69) is 20.8 Å². The van der Waals surface area contributed by atoms with Gasteiger partial charge >= 0.3 is 5.97 Å². The van der Waals surface area contributed by atoms with E-state index in [9.17, 15) is 24.8 Å². The summed E-state index contributed by atoms with van der Waals surface area (Å²) in [4.78, 5) is 34.9. The number of nitro groups is 1. The van der Waals surface area contributed by atoms with Gasteiger partial charge in [0.15, 0.2) is 0 Å². The van der Waals surface area contributed by atoms with E-state index < -0.39 is 16.8 Å². The van der Waals surface area contributed by atoms with Crippen molar-refractivity contribution in [3.05, 3.63) is 112 Å². The van der Waals surface area contributed by atoms with Gasteiger partial charge in [0.05, 0.1) is 34.0 Å². The molecule has 0 radical (unpaired) electrons. The number of aromatic hydroxyl groups is 1. The molecule has 0 unspecified atom stereocenters. The van der Waals surface area contributed by atoms with Crippen LogP contribution in [0, 0.1) is 17.0 Å². The van der Waals surface area contributed by atoms with Gasteiger partial charge in [-0.1, -0.05) is 54.2 Å². The van der Waals surface area contributed by atoms with Gasteiger partial charge in [0.25, 0.3) is 11.6 Å². The Balaban J connectivity index is 1.43. The van der Waals surface area contributed by atoms with E-state index in [4.69, 9.17) is 14.9 Å². The Morgan fingerprint density at radius 1 is 0.979 bits per heavy atom. The lowest BCUT2D eigenvalue weighted by Crippen LogP contribution is -2.26. The number of hydrogen-bond acceptors (Lipinski definition) is 11. The van der Waals surface area contributed by atoms with Crippen molar-refractivity contribution in [2.45, 2.75) is 24.3 Å². The van der Waals surface area contributed by atoms with Gasteiger partial charge in [-0.05, 0) is 47.7 Å². The number of benzene rings is 4. The molecular formula is C32H26N8O7S. The number of tetrazole rings is 1. The van der Waals surface area contributed by atoms with Crippen molar-refractivity contribution in [3.8, 4) is 28.8 Å². The summed E-state index contributed by atoms with van der Waals surface area (Å²) < 4.78 is 9.69. The number of carboxylic acids is 1. The van der Waals surface area contributed by atoms with E-state index in [0.717, 1.165) is 5.69 Å². The number of nitrogens with one attached hydrogen (secondary N) is 1. The van der Waals surface area contributed by atoms with Crippen molar-refractivity contribution in [3.63, 3.8) is 0 Å². The minimum Gasteiger partial charge on any atom is -0.506 e. The molecule has 0 saturated heterocycles. The topological polar surface area (TPSA) is 200 Å². The van der Waals surface area contributed by atoms with Crippen LogP contribution in [0.2, 0.25) is 0 Å². The highest BCUT2D eigenvalue weighted by molar-refractivity contribution is 7.98. The molecule has 242 valence electrons. The van der Waals surface area contributed by atoms with Gasteiger partial charge in [0, 0.05) is 40.8 Å². The normalized spacial score (nSPS) is 11.0. The van der Waals surface area contributed by atoms with Crippen molar-refractivity contribution in [2.75, 3.05) is 6.54 Å². The molecule has 0 spiro atoms. The molecule has 16 heteroatoms. The van der Waals surface area contributed by atoms with Crippen LogP contribution in [0.15, 0.2) is 90.1 Å². The van der Waals surface area contributed by atoms with Crippen molar-refractivity contribution in [1.82, 2.24) is 35.3 Å². The number of aliphatic carboxylic acids is 1. The first kappa shape index (κ1) is 31.7. The zero-order chi connectivity index (χ0) is 33.8. The van der Waals surface area contributed by atoms with E-state index in [1.807, 2.05) is 30.3 Å². The second-order valence-corrected chi connectivity index (χ2v) is 11.3. The molecule has 0 atom stereocenters. The van der Waals surface area contributed by atoms with E-state index in [0.29, 0.717) is 38.6 Å². The molecule has 6 aromatic rings. The summed E-state index contributed by atoms with van der Waals surface area (Å²) in [6, 6.07) is 23.4. The molecule has 4 aromatic carbocycles. The molecule has 48 heavy (non-hydrogen) atoms. The van der Waals surface area contributed by atoms with Gasteiger partial charge in [0.2, 0.25) is 11.0 Å². The molecule has 2 heterocycles. The van der Waals surface area contributed by atoms with E-state index in [1.165, 1.54) is 34.6 Å². The number of fused-ring (bicyclic) bond motifs is 1. The molecule has 15 nitrogen and oxygen atoms in total. The average Bonchev–Trinajstić information content (AvgIpc) is 3.69. The highest BCUT2D eigenvalue weighted by Gasteiger charge is 2.24. The Labute approximate surface area is 275 Å². The lowest BCUT2D eigenvalue weighted by atomic mass is 10.0. The minimum atomic E-state index is -1.08. The van der Waals surface area contributed by atoms with Crippen LogP contribution >= 0.6 is 11.8 Å². The lowest BCUT2D eigenvalue weighted by molar-refractivity contribution is -0.384. The van der Waals surface area contributed by atoms with E-state index >= 15 is 0 Å². The minimum absolute atomic E-state index is 0.100. The highest BCUT2D eigenvalue weighted by atomic mass is 32.2. The SMILES string of the molecule is Cc1nn(-c2ccc([N+](=O)[O-])cc2)c(Oc2cc(C(=O)NCCC(=O)O)c(O)c3ccccc23)c1CSc1nnnn1-c1ccccc1. The highest BCUT2D eigenvalue weighted by Crippen LogP contribution is 2.41. The fourth-order valence-electron chi connectivity index (χ4n) is 4.90. The van der Waals surface area contributed by atoms with Gasteiger partial charge in [-0.3, -0.25) is 19.7 Å². The predicted molar refractivity (Wildman–Crippen MR) is 174 cm³/mol. The van der Waals surface area contributed by atoms with Crippen LogP contribution in [0.25, 0.3) is 22.1 Å². The Kier molecular flexibility index (Phi) is 8.98. The predicted octanol–water partition coefficient (Wildman–Crippen LogP) is 5.21. The number of non-ortho nitro benzene ring substituents is 1. The summed E-state index contributed by atoms with van der Waals surface area (Å²) in [5.41, 5.74) is 2.25. The quantitative estimate of drug-likeness (QED) is 0.0876. The van der Waals surface area contributed by atoms with Gasteiger partial charge in [-0.15, -0.1) is 5.10 Å². The van der Waals surface area contributed by atoms with Gasteiger partial charge in [-0.25, -0.2) is 4.68 Å². The first-order chi connectivity index (χ1) is 23.2. The number of phenolic OH excluding ortho intramolecular Hbond substituents is 1. The van der Waals surface area contributed by atoms with Crippen molar-refractivity contribution in [2.24, 2.45) is 0 Å². The molecule has 0 aliphatic rings. The second-order valence-electron chi connectivity index (χ2n) is 10.4. The molecule has 0 aliphatic carbocycles. The van der Waals surface area contributed by atoms with E-state index in [-0.39, 0.29) is 41.6 Å². The van der Waals surface area contributed by atoms with Crippen LogP contribution in [0.4, 0.5) is 5.69 Å². The maximum atomic E-state index is 13.1. The van der Waals surface area contributed by atoms with Crippen LogP contribution in [0.3, 0.4) is 0 Å². The largest absolute Gasteiger partial charge is 0.506 e. The Bertz CT molecular complexity index is 2150. The first-order valence-electron chi connectivity index (χ1n) is 14.4. The van der Waals surface area contributed by atoms with Crippen LogP contribution in [-0.4, -0.2) is 63.5 Å². The van der Waals surface area contributed by atoms with Gasteiger partial charge in [-0.2, -0.15) is 9.78 Å². The molecule has 0 saturated carbocycles. The molecule has 0 bridgehead atoms. The lowest BCUT2D eigenvalue weighted by Gasteiger charge is -2.16. The number of carboxylic acid groups (broad SMARTS) is 1. The number of amides is 1. The fourth-order valence-corrected chi connectivity index (χ4v) is 5.87. The first-order valence-corrected chi connectivity index (χ1v) is 15.4. The summed E-state index contributed by atoms with van der Waals surface area (Å²) in [6.07, 6.45) is -0.300. The van der Waals surface area contributed by atoms with Crippen LogP contribution in [0.5, 0.6) is 17.4 Å². The number of hydrogen-bond donors (Lipinski definition) is 3. The number of nitrogens with zero attached hydrogens (tertiary/aromatic N) is 7. The number of carbonyl (C=O) groups excluding carboxylic acids is 1. The van der Waals surface area contributed by atoms with Gasteiger partial charge < -0.3 is 20.3 Å². The fraction of sp³-hybridized carbons (Fsp3) is 0.125. The van der Waals surface area contributed by atoms with Crippen molar-refractivity contribution < 1.29 is 29.5 Å². The smallest absolute Gasteiger partial charge is 0.305 e. The Hall–Kier alpha value is -6.29. The molecule has 1 amide bonds. The second kappa shape index (κ2) is 13.6. The van der Waals surface area contributed by atoms with Crippen molar-refractivity contribution in [1.29, 1.82) is 0 Å². The summed E-state index contributed by atoms with van der Waals surface area (Å²) in [5, 5.41) is 52.1. The maximum absolute atomic E-state index is 13.1. The summed E-state index contributed by atoms with van der Waals surface area (Å²) >= 11 is 1.33. The molecule has 3 N–H and O–H groups in total. The number of carbonyl (C=O) groups is 2. The summed E-state index contributed by atoms with van der Waals surface area (Å²) in [7, 11) is 0. The number of thioether (sulfide) groups is 1. The molecule has 0 fully saturated rings. The average molecular weight is 667 g/mol. The molecular weight excluding hydrogens is 640 g/mol. The monoisotopic (exact) mass is 666 g/mol. The third-order valence-electron chi connectivity index (χ3n) is 7.28.